The van der Waals surface area contributed by atoms with Gasteiger partial charge in [-0.25, -0.2) is 4.79 Å². The van der Waals surface area contributed by atoms with Crippen molar-refractivity contribution in [1.29, 1.82) is 0 Å². The minimum Gasteiger partial charge on any atom is -0.490 e. The van der Waals surface area contributed by atoms with Gasteiger partial charge >= 0.3 is 5.69 Å². The van der Waals surface area contributed by atoms with Gasteiger partial charge in [0.1, 0.15) is 30.4 Å². The molecule has 1 amide bonds. The molecule has 1 aliphatic rings. The Morgan fingerprint density at radius 2 is 1.41 bits per heavy atom. The first-order valence-corrected chi connectivity index (χ1v) is 15.0. The summed E-state index contributed by atoms with van der Waals surface area (Å²) < 4.78 is 15.1. The number of hydrogen-bond donors (Lipinski definition) is 1. The van der Waals surface area contributed by atoms with Gasteiger partial charge in [-0.3, -0.25) is 13.9 Å². The average Bonchev–Trinajstić information content (AvgIpc) is 3.35. The fourth-order valence-corrected chi connectivity index (χ4v) is 5.58. The Balaban J connectivity index is 1.39. The highest BCUT2D eigenvalue weighted by molar-refractivity contribution is 5.99. The summed E-state index contributed by atoms with van der Waals surface area (Å²) in [6, 6.07) is 34.8. The molecule has 1 aliphatic heterocycles. The molecule has 0 saturated carbocycles. The molecule has 8 heteroatoms. The van der Waals surface area contributed by atoms with E-state index in [9.17, 15) is 9.59 Å². The van der Waals surface area contributed by atoms with Crippen molar-refractivity contribution in [3.63, 3.8) is 0 Å². The number of carbonyl (C=O) groups is 1. The molecule has 5 aromatic rings. The van der Waals surface area contributed by atoms with Crippen LogP contribution in [0.3, 0.4) is 0 Å². The first kappa shape index (κ1) is 29.0. The number of benzene rings is 4. The van der Waals surface area contributed by atoms with Crippen molar-refractivity contribution < 1.29 is 14.3 Å². The lowest BCUT2D eigenvalue weighted by Gasteiger charge is -2.28. The van der Waals surface area contributed by atoms with Crippen LogP contribution in [0.25, 0.3) is 16.9 Å². The highest BCUT2D eigenvalue weighted by Crippen LogP contribution is 2.29. The Morgan fingerprint density at radius 1 is 0.773 bits per heavy atom. The van der Waals surface area contributed by atoms with Crippen molar-refractivity contribution in [1.82, 2.24) is 19.4 Å². The van der Waals surface area contributed by atoms with Crippen LogP contribution < -0.4 is 20.5 Å². The summed E-state index contributed by atoms with van der Waals surface area (Å²) in [6.45, 7) is 5.53. The molecule has 0 unspecified atom stereocenters. The molecule has 1 saturated heterocycles. The van der Waals surface area contributed by atoms with Gasteiger partial charge in [0.05, 0.1) is 17.9 Å². The van der Waals surface area contributed by atoms with E-state index in [1.807, 2.05) is 121 Å². The lowest BCUT2D eigenvalue weighted by atomic mass is 10.1. The number of carbonyl (C=O) groups excluding carboxylic acids is 1. The quantitative estimate of drug-likeness (QED) is 0.228. The van der Waals surface area contributed by atoms with E-state index in [4.69, 9.17) is 9.47 Å². The van der Waals surface area contributed by atoms with Gasteiger partial charge in [0.25, 0.3) is 5.91 Å². The maximum atomic E-state index is 14.5. The fourth-order valence-electron chi connectivity index (χ4n) is 5.58. The number of piperazine rings is 1. The Morgan fingerprint density at radius 3 is 2.14 bits per heavy atom. The predicted molar refractivity (Wildman–Crippen MR) is 172 cm³/mol. The molecule has 0 aliphatic carbocycles. The monoisotopic (exact) mass is 588 g/mol. The lowest BCUT2D eigenvalue weighted by molar-refractivity contribution is 0.0725. The van der Waals surface area contributed by atoms with Crippen LogP contribution in [-0.4, -0.2) is 59.3 Å². The van der Waals surface area contributed by atoms with Crippen molar-refractivity contribution in [2.45, 2.75) is 13.5 Å². The van der Waals surface area contributed by atoms with Gasteiger partial charge in [-0.2, -0.15) is 0 Å². The van der Waals surface area contributed by atoms with Crippen LogP contribution in [-0.2, 0) is 6.54 Å². The van der Waals surface area contributed by atoms with E-state index in [0.29, 0.717) is 56.5 Å². The molecule has 224 valence electrons. The first-order chi connectivity index (χ1) is 21.6. The zero-order valence-electron chi connectivity index (χ0n) is 24.8. The molecule has 1 N–H and O–H groups in total. The van der Waals surface area contributed by atoms with Crippen molar-refractivity contribution in [3.05, 3.63) is 136 Å². The minimum absolute atomic E-state index is 0.153. The summed E-state index contributed by atoms with van der Waals surface area (Å²) in [5.41, 5.74) is 4.07. The van der Waals surface area contributed by atoms with Crippen molar-refractivity contribution in [2.24, 2.45) is 0 Å². The Kier molecular flexibility index (Phi) is 8.89. The summed E-state index contributed by atoms with van der Waals surface area (Å²) in [4.78, 5) is 30.6. The van der Waals surface area contributed by atoms with Crippen molar-refractivity contribution in [2.75, 3.05) is 39.4 Å². The van der Waals surface area contributed by atoms with Gasteiger partial charge in [-0.15, -0.1) is 0 Å². The average molecular weight is 589 g/mol. The van der Waals surface area contributed by atoms with Gasteiger partial charge in [0, 0.05) is 31.7 Å². The molecule has 44 heavy (non-hydrogen) atoms. The molecule has 0 atom stereocenters. The molecular formula is C36H36N4O4. The van der Waals surface area contributed by atoms with Crippen LogP contribution in [0.4, 0.5) is 0 Å². The SMILES string of the molecule is Cc1ccccc1-n1c(-c2ccccc2)c(C(=O)N2CCNCC2)n(Cc2cccc(OCCOc3ccccc3)c2)c1=O. The molecule has 4 aromatic carbocycles. The van der Waals surface area contributed by atoms with E-state index in [1.54, 1.807) is 9.13 Å². The van der Waals surface area contributed by atoms with Gasteiger partial charge in [0.15, 0.2) is 0 Å². The predicted octanol–water partition coefficient (Wildman–Crippen LogP) is 5.17. The molecule has 6 rings (SSSR count). The molecule has 1 fully saturated rings. The zero-order valence-corrected chi connectivity index (χ0v) is 24.8. The first-order valence-electron chi connectivity index (χ1n) is 15.0. The van der Waals surface area contributed by atoms with Gasteiger partial charge in [0.2, 0.25) is 0 Å². The second-order valence-corrected chi connectivity index (χ2v) is 10.8. The van der Waals surface area contributed by atoms with E-state index in [-0.39, 0.29) is 18.1 Å². The molecule has 1 aromatic heterocycles. The smallest absolute Gasteiger partial charge is 0.334 e. The second kappa shape index (κ2) is 13.5. The van der Waals surface area contributed by atoms with Gasteiger partial charge in [-0.1, -0.05) is 78.9 Å². The minimum atomic E-state index is -0.265. The summed E-state index contributed by atoms with van der Waals surface area (Å²) in [5, 5.41) is 3.32. The summed E-state index contributed by atoms with van der Waals surface area (Å²) >= 11 is 0. The number of para-hydroxylation sites is 2. The molecule has 0 radical (unpaired) electrons. The number of aryl methyl sites for hydroxylation is 1. The fraction of sp³-hybridized carbons (Fsp3) is 0.222. The largest absolute Gasteiger partial charge is 0.490 e. The number of imidazole rings is 1. The van der Waals surface area contributed by atoms with Crippen LogP contribution in [0.1, 0.15) is 21.6 Å². The van der Waals surface area contributed by atoms with E-state index in [0.717, 1.165) is 28.1 Å². The highest BCUT2D eigenvalue weighted by Gasteiger charge is 2.31. The van der Waals surface area contributed by atoms with E-state index in [1.165, 1.54) is 0 Å². The molecule has 8 nitrogen and oxygen atoms in total. The van der Waals surface area contributed by atoms with Crippen LogP contribution >= 0.6 is 0 Å². The number of rotatable bonds is 10. The van der Waals surface area contributed by atoms with Gasteiger partial charge < -0.3 is 19.7 Å². The van der Waals surface area contributed by atoms with E-state index < -0.39 is 0 Å². The van der Waals surface area contributed by atoms with E-state index >= 15 is 0 Å². The van der Waals surface area contributed by atoms with Crippen molar-refractivity contribution in [3.8, 4) is 28.4 Å². The number of nitrogens with zero attached hydrogens (tertiary/aromatic N) is 3. The third kappa shape index (κ3) is 6.31. The molecular weight excluding hydrogens is 552 g/mol. The molecule has 0 spiro atoms. The maximum Gasteiger partial charge on any atom is 0.334 e. The zero-order chi connectivity index (χ0) is 30.3. The third-order valence-electron chi connectivity index (χ3n) is 7.75. The van der Waals surface area contributed by atoms with Crippen LogP contribution in [0, 0.1) is 6.92 Å². The third-order valence-corrected chi connectivity index (χ3v) is 7.75. The standard InChI is InChI=1S/C36H36N4O4/c1-27-11-8-9-18-32(27)40-33(29-13-4-2-5-14-29)34(35(41)38-21-19-37-20-22-38)39(36(40)42)26-28-12-10-17-31(25-28)44-24-23-43-30-15-6-3-7-16-30/h2-18,25,37H,19-24,26H2,1H3. The highest BCUT2D eigenvalue weighted by atomic mass is 16.5. The topological polar surface area (TPSA) is 77.7 Å². The Hall–Kier alpha value is -5.08. The summed E-state index contributed by atoms with van der Waals surface area (Å²) in [6.07, 6.45) is 0. The van der Waals surface area contributed by atoms with Crippen LogP contribution in [0.5, 0.6) is 11.5 Å². The number of amides is 1. The molecule has 2 heterocycles. The molecule has 0 bridgehead atoms. The number of nitrogens with one attached hydrogen (secondary N) is 1. The number of hydrogen-bond acceptors (Lipinski definition) is 5. The Labute approximate surface area is 257 Å². The van der Waals surface area contributed by atoms with Gasteiger partial charge in [-0.05, 0) is 48.4 Å². The van der Waals surface area contributed by atoms with Crippen LogP contribution in [0.2, 0.25) is 0 Å². The second-order valence-electron chi connectivity index (χ2n) is 10.8. The van der Waals surface area contributed by atoms with Crippen LogP contribution in [0.15, 0.2) is 114 Å². The lowest BCUT2D eigenvalue weighted by Crippen LogP contribution is -2.47. The number of ether oxygens (including phenoxy) is 2. The van der Waals surface area contributed by atoms with Crippen molar-refractivity contribution >= 4 is 5.91 Å². The number of aromatic nitrogens is 2. The normalized spacial score (nSPS) is 13.1. The Bertz CT molecular complexity index is 1770. The summed E-state index contributed by atoms with van der Waals surface area (Å²) in [7, 11) is 0. The summed E-state index contributed by atoms with van der Waals surface area (Å²) in [5.74, 6) is 1.31. The van der Waals surface area contributed by atoms with E-state index in [2.05, 4.69) is 5.32 Å². The maximum absolute atomic E-state index is 14.5.